The second-order valence-electron chi connectivity index (χ2n) is 5.37. The van der Waals surface area contributed by atoms with E-state index in [4.69, 9.17) is 0 Å². The smallest absolute Gasteiger partial charge is 0.233 e. The van der Waals surface area contributed by atoms with Gasteiger partial charge in [0.25, 0.3) is 0 Å². The number of aliphatic hydroxyl groups excluding tert-OH is 1. The summed E-state index contributed by atoms with van der Waals surface area (Å²) >= 11 is 0. The number of fused-ring (bicyclic) bond motifs is 1. The van der Waals surface area contributed by atoms with Crippen molar-refractivity contribution in [1.82, 2.24) is 0 Å². The van der Waals surface area contributed by atoms with E-state index in [0.717, 1.165) is 17.7 Å². The van der Waals surface area contributed by atoms with Crippen LogP contribution in [-0.4, -0.2) is 29.4 Å². The fourth-order valence-electron chi connectivity index (χ4n) is 3.08. The summed E-state index contributed by atoms with van der Waals surface area (Å²) in [6.07, 6.45) is 2.11. The lowest BCUT2D eigenvalue weighted by Gasteiger charge is -2.31. The number of nitrogens with zero attached hydrogens (tertiary/aromatic N) is 1. The third-order valence-electron chi connectivity index (χ3n) is 4.07. The minimum absolute atomic E-state index is 0.0551. The molecule has 0 saturated heterocycles. The van der Waals surface area contributed by atoms with E-state index in [1.54, 1.807) is 4.90 Å². The van der Waals surface area contributed by atoms with Gasteiger partial charge in [-0.2, -0.15) is 0 Å². The Morgan fingerprint density at radius 2 is 2.05 bits per heavy atom. The Kier molecular flexibility index (Phi) is 3.11. The molecule has 2 atom stereocenters. The Hall–Kier alpha value is -1.68. The predicted molar refractivity (Wildman–Crippen MR) is 70.9 cm³/mol. The van der Waals surface area contributed by atoms with E-state index in [1.165, 1.54) is 0 Å². The summed E-state index contributed by atoms with van der Waals surface area (Å²) in [4.78, 5) is 25.9. The minimum Gasteiger partial charge on any atom is -0.392 e. The van der Waals surface area contributed by atoms with Gasteiger partial charge in [0.15, 0.2) is 5.78 Å². The first kappa shape index (κ1) is 12.4. The highest BCUT2D eigenvalue weighted by Crippen LogP contribution is 2.32. The topological polar surface area (TPSA) is 57.6 Å². The van der Waals surface area contributed by atoms with E-state index < -0.39 is 6.10 Å². The summed E-state index contributed by atoms with van der Waals surface area (Å²) in [5, 5.41) is 9.87. The molecule has 1 saturated carbocycles. The number of hydrogen-bond donors (Lipinski definition) is 1. The lowest BCUT2D eigenvalue weighted by molar-refractivity contribution is -0.127. The molecule has 2 unspecified atom stereocenters. The van der Waals surface area contributed by atoms with E-state index in [9.17, 15) is 14.7 Å². The third-order valence-corrected chi connectivity index (χ3v) is 4.07. The van der Waals surface area contributed by atoms with Crippen LogP contribution in [0.4, 0.5) is 5.69 Å². The van der Waals surface area contributed by atoms with Gasteiger partial charge in [0, 0.05) is 12.1 Å². The van der Waals surface area contributed by atoms with Gasteiger partial charge in [-0.3, -0.25) is 9.59 Å². The molecule has 0 spiro atoms. The summed E-state index contributed by atoms with van der Waals surface area (Å²) in [7, 11) is 0. The molecule has 2 aliphatic rings. The maximum Gasteiger partial charge on any atom is 0.233 e. The second kappa shape index (κ2) is 4.78. The molecule has 4 heteroatoms. The number of anilines is 1. The lowest BCUT2D eigenvalue weighted by Crippen LogP contribution is -2.45. The van der Waals surface area contributed by atoms with Crippen molar-refractivity contribution in [1.29, 1.82) is 0 Å². The van der Waals surface area contributed by atoms with Gasteiger partial charge in [0.1, 0.15) is 0 Å². The zero-order chi connectivity index (χ0) is 13.4. The van der Waals surface area contributed by atoms with Crippen LogP contribution in [0, 0.1) is 5.92 Å². The second-order valence-corrected chi connectivity index (χ2v) is 5.37. The number of rotatable bonds is 1. The summed E-state index contributed by atoms with van der Waals surface area (Å²) in [6, 6.07) is 7.52. The fraction of sp³-hybridized carbons (Fsp3) is 0.467. The third kappa shape index (κ3) is 2.16. The number of amides is 1. The van der Waals surface area contributed by atoms with Crippen LogP contribution in [-0.2, 0) is 16.0 Å². The number of hydrogen-bond acceptors (Lipinski definition) is 3. The molecule has 1 heterocycles. The Morgan fingerprint density at radius 1 is 1.26 bits per heavy atom. The predicted octanol–water partition coefficient (Wildman–Crippen LogP) is 1.31. The van der Waals surface area contributed by atoms with Crippen molar-refractivity contribution in [3.63, 3.8) is 0 Å². The van der Waals surface area contributed by atoms with Gasteiger partial charge in [-0.15, -0.1) is 0 Å². The van der Waals surface area contributed by atoms with Crippen molar-refractivity contribution < 1.29 is 14.7 Å². The summed E-state index contributed by atoms with van der Waals surface area (Å²) in [5.41, 5.74) is 1.73. The van der Waals surface area contributed by atoms with Crippen molar-refractivity contribution in [2.75, 3.05) is 11.4 Å². The van der Waals surface area contributed by atoms with Crippen LogP contribution in [0.3, 0.4) is 0 Å². The molecule has 1 amide bonds. The zero-order valence-electron chi connectivity index (χ0n) is 10.7. The normalized spacial score (nSPS) is 26.4. The monoisotopic (exact) mass is 259 g/mol. The number of aliphatic hydroxyl groups is 1. The van der Waals surface area contributed by atoms with Gasteiger partial charge in [-0.05, 0) is 30.9 Å². The Morgan fingerprint density at radius 3 is 2.79 bits per heavy atom. The lowest BCUT2D eigenvalue weighted by atomic mass is 9.97. The molecule has 1 aromatic rings. The van der Waals surface area contributed by atoms with Crippen LogP contribution in [0.1, 0.15) is 24.8 Å². The van der Waals surface area contributed by atoms with Crippen LogP contribution in [0.5, 0.6) is 0 Å². The van der Waals surface area contributed by atoms with Gasteiger partial charge < -0.3 is 10.0 Å². The molecule has 0 radical (unpaired) electrons. The molecule has 100 valence electrons. The number of para-hydroxylation sites is 1. The van der Waals surface area contributed by atoms with Gasteiger partial charge in [-0.1, -0.05) is 18.2 Å². The van der Waals surface area contributed by atoms with Gasteiger partial charge in [0.2, 0.25) is 5.91 Å². The molecule has 1 aromatic carbocycles. The summed E-state index contributed by atoms with van der Waals surface area (Å²) < 4.78 is 0. The van der Waals surface area contributed by atoms with Crippen molar-refractivity contribution in [3.8, 4) is 0 Å². The molecule has 1 aliphatic carbocycles. The Labute approximate surface area is 112 Å². The highest BCUT2D eigenvalue weighted by Gasteiger charge is 2.37. The Bertz CT molecular complexity index is 526. The van der Waals surface area contributed by atoms with E-state index in [0.29, 0.717) is 19.3 Å². The standard InChI is InChI=1S/C15H17NO3/c17-11-8-10-4-1-2-6-13(10)16(9-11)15(19)12-5-3-7-14(12)18/h1-2,4,6,12,14,18H,3,5,7-9H2. The average Bonchev–Trinajstić information content (AvgIpc) is 2.83. The fourth-order valence-corrected chi connectivity index (χ4v) is 3.08. The Balaban J connectivity index is 1.92. The first-order chi connectivity index (χ1) is 9.16. The molecule has 19 heavy (non-hydrogen) atoms. The first-order valence-corrected chi connectivity index (χ1v) is 6.76. The maximum atomic E-state index is 12.5. The number of carbonyl (C=O) groups is 2. The molecule has 0 bridgehead atoms. The van der Waals surface area contributed by atoms with Crippen LogP contribution in [0.2, 0.25) is 0 Å². The molecule has 0 aromatic heterocycles. The first-order valence-electron chi connectivity index (χ1n) is 6.76. The molecule has 1 aliphatic heterocycles. The SMILES string of the molecule is O=C1Cc2ccccc2N(C(=O)C2CCCC2O)C1. The maximum absolute atomic E-state index is 12.5. The molecule has 4 nitrogen and oxygen atoms in total. The number of benzene rings is 1. The van der Waals surface area contributed by atoms with Gasteiger partial charge >= 0.3 is 0 Å². The average molecular weight is 259 g/mol. The van der Waals surface area contributed by atoms with E-state index in [-0.39, 0.29) is 24.2 Å². The van der Waals surface area contributed by atoms with Crippen molar-refractivity contribution in [2.45, 2.75) is 31.8 Å². The summed E-state index contributed by atoms with van der Waals surface area (Å²) in [6.45, 7) is 0.138. The number of Topliss-reactive ketones (excluding diaryl/α,β-unsaturated/α-hetero) is 1. The molecular weight excluding hydrogens is 242 g/mol. The van der Waals surface area contributed by atoms with Crippen molar-refractivity contribution >= 4 is 17.4 Å². The molecule has 1 N–H and O–H groups in total. The molecule has 1 fully saturated rings. The highest BCUT2D eigenvalue weighted by molar-refractivity contribution is 6.04. The van der Waals surface area contributed by atoms with Crippen molar-refractivity contribution in [2.24, 2.45) is 5.92 Å². The van der Waals surface area contributed by atoms with Gasteiger partial charge in [-0.25, -0.2) is 0 Å². The van der Waals surface area contributed by atoms with Crippen LogP contribution < -0.4 is 4.90 Å². The minimum atomic E-state index is -0.559. The van der Waals surface area contributed by atoms with Crippen LogP contribution in [0.15, 0.2) is 24.3 Å². The van der Waals surface area contributed by atoms with E-state index in [2.05, 4.69) is 0 Å². The molecule has 3 rings (SSSR count). The highest BCUT2D eigenvalue weighted by atomic mass is 16.3. The van der Waals surface area contributed by atoms with E-state index >= 15 is 0 Å². The zero-order valence-corrected chi connectivity index (χ0v) is 10.7. The largest absolute Gasteiger partial charge is 0.392 e. The quantitative estimate of drug-likeness (QED) is 0.827. The van der Waals surface area contributed by atoms with Gasteiger partial charge in [0.05, 0.1) is 18.6 Å². The van der Waals surface area contributed by atoms with Crippen molar-refractivity contribution in [3.05, 3.63) is 29.8 Å². The number of carbonyl (C=O) groups excluding carboxylic acids is 2. The summed E-state index contributed by atoms with van der Waals surface area (Å²) in [5.74, 6) is -0.399. The van der Waals surface area contributed by atoms with Crippen LogP contribution >= 0.6 is 0 Å². The van der Waals surface area contributed by atoms with Crippen LogP contribution in [0.25, 0.3) is 0 Å². The molecular formula is C15H17NO3. The van der Waals surface area contributed by atoms with E-state index in [1.807, 2.05) is 24.3 Å². The number of ketones is 1.